The Bertz CT molecular complexity index is 1150. The highest BCUT2D eigenvalue weighted by atomic mass is 32.2. The molecule has 0 heterocycles. The van der Waals surface area contributed by atoms with E-state index in [0.29, 0.717) is 18.8 Å². The largest absolute Gasteiger partial charge is 0.490 e. The van der Waals surface area contributed by atoms with E-state index in [9.17, 15) is 26.4 Å². The van der Waals surface area contributed by atoms with E-state index < -0.39 is 33.5 Å². The zero-order valence-electron chi connectivity index (χ0n) is 19.4. The highest BCUT2D eigenvalue weighted by Gasteiger charge is 2.38. The molecule has 1 fully saturated rings. The first kappa shape index (κ1) is 26.3. The Labute approximate surface area is 197 Å². The number of carbonyl (C=O) groups is 1. The lowest BCUT2D eigenvalue weighted by Crippen LogP contribution is -2.31. The van der Waals surface area contributed by atoms with E-state index in [1.165, 1.54) is 30.3 Å². The molecule has 1 aliphatic carbocycles. The van der Waals surface area contributed by atoms with Crippen LogP contribution in [0.2, 0.25) is 0 Å². The number of hydrogen-bond donors (Lipinski definition) is 2. The lowest BCUT2D eigenvalue weighted by Gasteiger charge is -2.37. The number of amides is 1. The standard InChI is InChI=1S/C24H30F3NO5S/c1-23(2,3)17-6-8-18(9-7-17)33-20-11-5-15-14-16(22(29)28-12-13-34(30,31)32)4-10-19(15)21(20)24(25,26)27/h4-5,10-11,14,17-18H,6-9,12-13H2,1-3H3,(H,28,29)(H,30,31,32). The molecule has 6 nitrogen and oxygen atoms in total. The average molecular weight is 502 g/mol. The van der Waals surface area contributed by atoms with Crippen LogP contribution in [0, 0.1) is 11.3 Å². The minimum atomic E-state index is -4.66. The van der Waals surface area contributed by atoms with Crippen molar-refractivity contribution in [2.45, 2.75) is 58.7 Å². The first-order valence-corrected chi connectivity index (χ1v) is 12.8. The summed E-state index contributed by atoms with van der Waals surface area (Å²) < 4.78 is 78.3. The topological polar surface area (TPSA) is 92.7 Å². The Kier molecular flexibility index (Phi) is 7.52. The predicted octanol–water partition coefficient (Wildman–Crippen LogP) is 5.46. The van der Waals surface area contributed by atoms with E-state index in [4.69, 9.17) is 9.29 Å². The molecule has 188 valence electrons. The number of carbonyl (C=O) groups excluding carboxylic acids is 1. The van der Waals surface area contributed by atoms with Crippen LogP contribution >= 0.6 is 0 Å². The zero-order valence-corrected chi connectivity index (χ0v) is 20.2. The monoisotopic (exact) mass is 501 g/mol. The van der Waals surface area contributed by atoms with Gasteiger partial charge in [-0.15, -0.1) is 0 Å². The fourth-order valence-electron chi connectivity index (χ4n) is 4.46. The van der Waals surface area contributed by atoms with Gasteiger partial charge in [-0.1, -0.05) is 32.9 Å². The van der Waals surface area contributed by atoms with Crippen molar-refractivity contribution in [3.05, 3.63) is 41.5 Å². The molecule has 34 heavy (non-hydrogen) atoms. The molecule has 1 amide bonds. The quantitative estimate of drug-likeness (QED) is 0.513. The number of ether oxygens (including phenoxy) is 1. The molecule has 0 aromatic heterocycles. The summed E-state index contributed by atoms with van der Waals surface area (Å²) in [5.41, 5.74) is -0.645. The Balaban J connectivity index is 1.83. The summed E-state index contributed by atoms with van der Waals surface area (Å²) in [5.74, 6) is -1.03. The summed E-state index contributed by atoms with van der Waals surface area (Å²) in [4.78, 5) is 12.2. The molecule has 0 atom stereocenters. The number of halogens is 3. The van der Waals surface area contributed by atoms with Crippen molar-refractivity contribution in [3.8, 4) is 5.75 Å². The SMILES string of the molecule is CC(C)(C)C1CCC(Oc2ccc3cc(C(=O)NCCS(=O)(=O)O)ccc3c2C(F)(F)F)CC1. The van der Waals surface area contributed by atoms with E-state index in [1.54, 1.807) is 0 Å². The van der Waals surface area contributed by atoms with Crippen molar-refractivity contribution in [1.29, 1.82) is 0 Å². The fraction of sp³-hybridized carbons (Fsp3) is 0.542. The number of benzene rings is 2. The lowest BCUT2D eigenvalue weighted by molar-refractivity contribution is -0.138. The molecule has 0 bridgehead atoms. The van der Waals surface area contributed by atoms with E-state index in [1.807, 2.05) is 0 Å². The Hall–Kier alpha value is -2.33. The summed E-state index contributed by atoms with van der Waals surface area (Å²) in [6.07, 6.45) is -1.75. The smallest absolute Gasteiger partial charge is 0.420 e. The molecule has 2 aromatic rings. The third-order valence-electron chi connectivity index (χ3n) is 6.37. The third-order valence-corrected chi connectivity index (χ3v) is 7.09. The van der Waals surface area contributed by atoms with Gasteiger partial charge in [0.1, 0.15) is 11.3 Å². The van der Waals surface area contributed by atoms with E-state index in [-0.39, 0.29) is 40.1 Å². The minimum absolute atomic E-state index is 0.0742. The second kappa shape index (κ2) is 9.73. The molecule has 0 radical (unpaired) electrons. The van der Waals surface area contributed by atoms with Crippen LogP contribution in [0.4, 0.5) is 13.2 Å². The van der Waals surface area contributed by atoms with E-state index >= 15 is 0 Å². The Morgan fingerprint density at radius 3 is 2.29 bits per heavy atom. The molecule has 0 unspecified atom stereocenters. The molecule has 1 saturated carbocycles. The van der Waals surface area contributed by atoms with Gasteiger partial charge in [0.25, 0.3) is 16.0 Å². The second-order valence-electron chi connectivity index (χ2n) is 9.87. The molecule has 2 N–H and O–H groups in total. The molecule has 1 aliphatic rings. The van der Waals surface area contributed by atoms with Crippen LogP contribution in [0.25, 0.3) is 10.8 Å². The van der Waals surface area contributed by atoms with Gasteiger partial charge in [-0.05, 0) is 66.0 Å². The summed E-state index contributed by atoms with van der Waals surface area (Å²) in [7, 11) is -4.24. The van der Waals surface area contributed by atoms with Crippen LogP contribution < -0.4 is 10.1 Å². The molecule has 2 aromatic carbocycles. The van der Waals surface area contributed by atoms with Crippen molar-refractivity contribution in [2.24, 2.45) is 11.3 Å². The molecule has 0 aliphatic heterocycles. The minimum Gasteiger partial charge on any atom is -0.490 e. The van der Waals surface area contributed by atoms with Crippen molar-refractivity contribution in [1.82, 2.24) is 5.32 Å². The van der Waals surface area contributed by atoms with Gasteiger partial charge in [0.05, 0.1) is 11.9 Å². The van der Waals surface area contributed by atoms with Gasteiger partial charge < -0.3 is 10.1 Å². The summed E-state index contributed by atoms with van der Waals surface area (Å²) in [6.45, 7) is 6.20. The van der Waals surface area contributed by atoms with Gasteiger partial charge in [0.2, 0.25) is 0 Å². The number of nitrogens with one attached hydrogen (secondary N) is 1. The maximum Gasteiger partial charge on any atom is 0.420 e. The van der Waals surface area contributed by atoms with Crippen molar-refractivity contribution >= 4 is 26.8 Å². The molecular weight excluding hydrogens is 471 g/mol. The lowest BCUT2D eigenvalue weighted by atomic mass is 9.72. The van der Waals surface area contributed by atoms with Gasteiger partial charge in [-0.25, -0.2) is 0 Å². The van der Waals surface area contributed by atoms with Crippen LogP contribution in [-0.4, -0.2) is 37.3 Å². The fourth-order valence-corrected chi connectivity index (χ4v) is 4.82. The Morgan fingerprint density at radius 2 is 1.74 bits per heavy atom. The summed E-state index contributed by atoms with van der Waals surface area (Å²) >= 11 is 0. The van der Waals surface area contributed by atoms with Gasteiger partial charge >= 0.3 is 6.18 Å². The maximum absolute atomic E-state index is 14.0. The first-order valence-electron chi connectivity index (χ1n) is 11.2. The van der Waals surface area contributed by atoms with E-state index in [2.05, 4.69) is 26.1 Å². The number of alkyl halides is 3. The van der Waals surface area contributed by atoms with Crippen molar-refractivity contribution in [3.63, 3.8) is 0 Å². The number of hydrogen-bond acceptors (Lipinski definition) is 4. The molecule has 0 spiro atoms. The molecule has 10 heteroatoms. The van der Waals surface area contributed by atoms with Crippen LogP contribution in [0.3, 0.4) is 0 Å². The first-order chi connectivity index (χ1) is 15.6. The van der Waals surface area contributed by atoms with Gasteiger partial charge in [-0.3, -0.25) is 9.35 Å². The summed E-state index contributed by atoms with van der Waals surface area (Å²) in [5, 5.41) is 2.45. The van der Waals surface area contributed by atoms with Gasteiger partial charge in [0.15, 0.2) is 0 Å². The predicted molar refractivity (Wildman–Crippen MR) is 124 cm³/mol. The van der Waals surface area contributed by atoms with Gasteiger partial charge in [0, 0.05) is 12.1 Å². The second-order valence-corrected chi connectivity index (χ2v) is 11.4. The average Bonchev–Trinajstić information content (AvgIpc) is 2.71. The van der Waals surface area contributed by atoms with E-state index in [0.717, 1.165) is 12.8 Å². The molecule has 3 rings (SSSR count). The third kappa shape index (κ3) is 6.63. The highest BCUT2D eigenvalue weighted by molar-refractivity contribution is 7.85. The highest BCUT2D eigenvalue weighted by Crippen LogP contribution is 2.44. The van der Waals surface area contributed by atoms with Crippen molar-refractivity contribution in [2.75, 3.05) is 12.3 Å². The zero-order chi connectivity index (χ0) is 25.3. The van der Waals surface area contributed by atoms with Crippen LogP contribution in [0.15, 0.2) is 30.3 Å². The normalized spacial score (nSPS) is 19.7. The molecular formula is C24H30F3NO5S. The van der Waals surface area contributed by atoms with Gasteiger partial charge in [-0.2, -0.15) is 21.6 Å². The summed E-state index contributed by atoms with van der Waals surface area (Å²) in [6, 6.07) is 6.56. The maximum atomic E-state index is 14.0. The van der Waals surface area contributed by atoms with Crippen LogP contribution in [0.1, 0.15) is 62.4 Å². The van der Waals surface area contributed by atoms with Crippen LogP contribution in [-0.2, 0) is 16.3 Å². The number of rotatable bonds is 6. The van der Waals surface area contributed by atoms with Crippen molar-refractivity contribution < 1.29 is 35.7 Å². The Morgan fingerprint density at radius 1 is 1.09 bits per heavy atom. The molecule has 0 saturated heterocycles. The number of fused-ring (bicyclic) bond motifs is 1. The van der Waals surface area contributed by atoms with Crippen LogP contribution in [0.5, 0.6) is 5.75 Å².